The zero-order valence-electron chi connectivity index (χ0n) is 11.6. The van der Waals surface area contributed by atoms with Gasteiger partial charge in [0.2, 0.25) is 0 Å². The third kappa shape index (κ3) is 3.36. The molecule has 7 heteroatoms. The summed E-state index contributed by atoms with van der Waals surface area (Å²) in [5.41, 5.74) is 0.0424. The average Bonchev–Trinajstić information content (AvgIpc) is 2.74. The Bertz CT molecular complexity index is 835. The molecule has 0 atom stereocenters. The Hall–Kier alpha value is -1.58. The summed E-state index contributed by atoms with van der Waals surface area (Å²) in [7, 11) is 1.44. The Kier molecular flexibility index (Phi) is 4.00. The highest BCUT2D eigenvalue weighted by Gasteiger charge is 2.21. The van der Waals surface area contributed by atoms with Crippen molar-refractivity contribution in [2.75, 3.05) is 0 Å². The van der Waals surface area contributed by atoms with E-state index in [1.165, 1.54) is 18.3 Å². The lowest BCUT2D eigenvalue weighted by Crippen LogP contribution is -2.11. The SMILES string of the molecule is CC(C)(C#N)CCn1cc(S(=O)(=O)Cl)c2cc(F)ccc21. The van der Waals surface area contributed by atoms with E-state index in [9.17, 15) is 12.8 Å². The lowest BCUT2D eigenvalue weighted by Gasteiger charge is -2.15. The highest BCUT2D eigenvalue weighted by Crippen LogP contribution is 2.30. The van der Waals surface area contributed by atoms with Crippen LogP contribution in [-0.2, 0) is 15.6 Å². The first-order valence-corrected chi connectivity index (χ1v) is 8.59. The van der Waals surface area contributed by atoms with E-state index >= 15 is 0 Å². The van der Waals surface area contributed by atoms with Gasteiger partial charge < -0.3 is 4.57 Å². The average molecular weight is 329 g/mol. The molecule has 0 aliphatic rings. The molecule has 0 amide bonds. The molecular formula is C14H14ClFN2O2S. The molecule has 1 heterocycles. The number of benzene rings is 1. The van der Waals surface area contributed by atoms with Crippen LogP contribution in [0.15, 0.2) is 29.3 Å². The van der Waals surface area contributed by atoms with Gasteiger partial charge in [0, 0.05) is 34.3 Å². The lowest BCUT2D eigenvalue weighted by molar-refractivity contribution is 0.417. The van der Waals surface area contributed by atoms with Crippen molar-refractivity contribution in [3.63, 3.8) is 0 Å². The van der Waals surface area contributed by atoms with E-state index in [0.29, 0.717) is 18.5 Å². The summed E-state index contributed by atoms with van der Waals surface area (Å²) in [5, 5.41) is 9.28. The number of aryl methyl sites for hydroxylation is 1. The molecule has 4 nitrogen and oxygen atoms in total. The lowest BCUT2D eigenvalue weighted by atomic mass is 9.91. The second kappa shape index (κ2) is 5.32. The molecule has 0 spiro atoms. The Morgan fingerprint density at radius 2 is 2.10 bits per heavy atom. The molecule has 21 heavy (non-hydrogen) atoms. The molecule has 0 fully saturated rings. The van der Waals surface area contributed by atoms with Gasteiger partial charge in [-0.05, 0) is 38.5 Å². The molecule has 1 aromatic carbocycles. The number of halogens is 2. The van der Waals surface area contributed by atoms with Crippen LogP contribution in [0.1, 0.15) is 20.3 Å². The molecule has 0 aliphatic carbocycles. The molecule has 1 aromatic heterocycles. The van der Waals surface area contributed by atoms with Gasteiger partial charge in [0.25, 0.3) is 9.05 Å². The number of nitrogens with zero attached hydrogens (tertiary/aromatic N) is 2. The standard InChI is InChI=1S/C14H14ClFN2O2S/c1-14(2,9-17)5-6-18-8-13(21(15,19)20)11-7-10(16)3-4-12(11)18/h3-4,7-8H,5-6H2,1-2H3. The van der Waals surface area contributed by atoms with E-state index in [2.05, 4.69) is 6.07 Å². The van der Waals surface area contributed by atoms with E-state index in [-0.39, 0.29) is 10.3 Å². The smallest absolute Gasteiger partial charge is 0.263 e. The first-order valence-electron chi connectivity index (χ1n) is 6.28. The molecule has 0 unspecified atom stereocenters. The monoisotopic (exact) mass is 328 g/mol. The predicted octanol–water partition coefficient (Wildman–Crippen LogP) is 3.65. The maximum absolute atomic E-state index is 13.4. The summed E-state index contributed by atoms with van der Waals surface area (Å²) >= 11 is 0. The molecular weight excluding hydrogens is 315 g/mol. The van der Waals surface area contributed by atoms with E-state index in [0.717, 1.165) is 6.07 Å². The topological polar surface area (TPSA) is 62.9 Å². The van der Waals surface area contributed by atoms with Gasteiger partial charge in [0.15, 0.2) is 0 Å². The molecule has 0 aliphatic heterocycles. The highest BCUT2D eigenvalue weighted by atomic mass is 35.7. The van der Waals surface area contributed by atoms with E-state index in [1.807, 2.05) is 0 Å². The fourth-order valence-corrected chi connectivity index (χ4v) is 3.12. The molecule has 0 saturated heterocycles. The number of hydrogen-bond donors (Lipinski definition) is 0. The van der Waals surface area contributed by atoms with E-state index in [1.54, 1.807) is 18.4 Å². The second-order valence-corrected chi connectivity index (χ2v) is 8.07. The Balaban J connectivity index is 2.54. The van der Waals surface area contributed by atoms with Crippen molar-refractivity contribution >= 4 is 30.6 Å². The van der Waals surface area contributed by atoms with Crippen molar-refractivity contribution in [2.45, 2.75) is 31.7 Å². The van der Waals surface area contributed by atoms with E-state index < -0.39 is 20.3 Å². The summed E-state index contributed by atoms with van der Waals surface area (Å²) in [4.78, 5) is -0.117. The summed E-state index contributed by atoms with van der Waals surface area (Å²) in [6.07, 6.45) is 1.92. The highest BCUT2D eigenvalue weighted by molar-refractivity contribution is 8.14. The number of rotatable bonds is 4. The molecule has 0 bridgehead atoms. The minimum absolute atomic E-state index is 0.117. The van der Waals surface area contributed by atoms with Crippen molar-refractivity contribution in [2.24, 2.45) is 5.41 Å². The number of fused-ring (bicyclic) bond motifs is 1. The van der Waals surface area contributed by atoms with Crippen LogP contribution in [-0.4, -0.2) is 13.0 Å². The van der Waals surface area contributed by atoms with Crippen LogP contribution in [0, 0.1) is 22.6 Å². The van der Waals surface area contributed by atoms with Gasteiger partial charge >= 0.3 is 0 Å². The normalized spacial score (nSPS) is 12.5. The number of hydrogen-bond acceptors (Lipinski definition) is 3. The molecule has 0 saturated carbocycles. The van der Waals surface area contributed by atoms with Gasteiger partial charge in [-0.2, -0.15) is 5.26 Å². The third-order valence-electron chi connectivity index (χ3n) is 3.35. The van der Waals surface area contributed by atoms with E-state index in [4.69, 9.17) is 15.9 Å². The molecule has 2 rings (SSSR count). The van der Waals surface area contributed by atoms with Gasteiger partial charge in [0.05, 0.1) is 11.5 Å². The molecule has 112 valence electrons. The zero-order valence-corrected chi connectivity index (χ0v) is 13.2. The van der Waals surface area contributed by atoms with Crippen molar-refractivity contribution in [1.82, 2.24) is 4.57 Å². The Labute approximate surface area is 127 Å². The first kappa shape index (κ1) is 15.8. The minimum Gasteiger partial charge on any atom is -0.346 e. The van der Waals surface area contributed by atoms with Crippen LogP contribution in [0.5, 0.6) is 0 Å². The minimum atomic E-state index is -3.96. The Morgan fingerprint density at radius 1 is 1.43 bits per heavy atom. The van der Waals surface area contributed by atoms with Crippen LogP contribution >= 0.6 is 10.7 Å². The maximum Gasteiger partial charge on any atom is 0.263 e. The fraction of sp³-hybridized carbons (Fsp3) is 0.357. The van der Waals surface area contributed by atoms with Gasteiger partial charge in [0.1, 0.15) is 10.7 Å². The van der Waals surface area contributed by atoms with Crippen LogP contribution in [0.25, 0.3) is 10.9 Å². The van der Waals surface area contributed by atoms with Crippen molar-refractivity contribution in [3.05, 3.63) is 30.2 Å². The number of aromatic nitrogens is 1. The molecule has 0 N–H and O–H groups in total. The summed E-state index contributed by atoms with van der Waals surface area (Å²) in [6.45, 7) is 4.05. The molecule has 0 radical (unpaired) electrons. The summed E-state index contributed by atoms with van der Waals surface area (Å²) < 4.78 is 38.2. The number of nitriles is 1. The summed E-state index contributed by atoms with van der Waals surface area (Å²) in [6, 6.07) is 6.11. The van der Waals surface area contributed by atoms with Gasteiger partial charge in [-0.1, -0.05) is 0 Å². The van der Waals surface area contributed by atoms with Crippen LogP contribution in [0.2, 0.25) is 0 Å². The van der Waals surface area contributed by atoms with Gasteiger partial charge in [-0.25, -0.2) is 12.8 Å². The Morgan fingerprint density at radius 3 is 2.67 bits per heavy atom. The van der Waals surface area contributed by atoms with Gasteiger partial charge in [-0.15, -0.1) is 0 Å². The third-order valence-corrected chi connectivity index (χ3v) is 4.70. The van der Waals surface area contributed by atoms with Crippen LogP contribution in [0.3, 0.4) is 0 Å². The zero-order chi connectivity index (χ0) is 15.8. The fourth-order valence-electron chi connectivity index (χ4n) is 2.07. The second-order valence-electron chi connectivity index (χ2n) is 5.53. The quantitative estimate of drug-likeness (QED) is 0.805. The van der Waals surface area contributed by atoms with Crippen molar-refractivity contribution < 1.29 is 12.8 Å². The van der Waals surface area contributed by atoms with Crippen LogP contribution in [0.4, 0.5) is 4.39 Å². The predicted molar refractivity (Wildman–Crippen MR) is 78.9 cm³/mol. The van der Waals surface area contributed by atoms with Crippen molar-refractivity contribution in [3.8, 4) is 6.07 Å². The summed E-state index contributed by atoms with van der Waals surface area (Å²) in [5.74, 6) is -0.529. The van der Waals surface area contributed by atoms with Crippen LogP contribution < -0.4 is 0 Å². The maximum atomic E-state index is 13.4. The first-order chi connectivity index (χ1) is 9.64. The van der Waals surface area contributed by atoms with Gasteiger partial charge in [-0.3, -0.25) is 0 Å². The molecule has 2 aromatic rings. The largest absolute Gasteiger partial charge is 0.346 e. The van der Waals surface area contributed by atoms with Crippen molar-refractivity contribution in [1.29, 1.82) is 5.26 Å².